The monoisotopic (exact) mass is 606 g/mol. The molecule has 0 saturated heterocycles. The molecule has 6 rings (SSSR count). The third-order valence-electron chi connectivity index (χ3n) is 7.47. The van der Waals surface area contributed by atoms with E-state index in [0.717, 1.165) is 55.6 Å². The molecule has 0 bridgehead atoms. The third-order valence-corrected chi connectivity index (χ3v) is 7.47. The Morgan fingerprint density at radius 2 is 1.13 bits per heavy atom. The summed E-state index contributed by atoms with van der Waals surface area (Å²) in [6.07, 6.45) is 4.65. The summed E-state index contributed by atoms with van der Waals surface area (Å²) in [6, 6.07) is 30.5. The number of nitrogens with one attached hydrogen (secondary N) is 2. The summed E-state index contributed by atoms with van der Waals surface area (Å²) in [5.41, 5.74) is 17.5. The number of benzene rings is 4. The van der Waals surface area contributed by atoms with Crippen LogP contribution in [0.5, 0.6) is 11.5 Å². The van der Waals surface area contributed by atoms with Crippen molar-refractivity contribution in [1.82, 2.24) is 9.97 Å². The summed E-state index contributed by atoms with van der Waals surface area (Å²) in [7, 11) is 0. The van der Waals surface area contributed by atoms with Gasteiger partial charge in [0.15, 0.2) is 0 Å². The Hall–Kier alpha value is -5.09. The molecule has 2 heterocycles. The Kier molecular flexibility index (Phi) is 10.5. The Balaban J connectivity index is 0.000000178. The fourth-order valence-corrected chi connectivity index (χ4v) is 5.09. The van der Waals surface area contributed by atoms with Crippen LogP contribution in [-0.2, 0) is 30.8 Å². The first kappa shape index (κ1) is 31.3. The molecule has 0 amide bonds. The molecule has 6 aromatic rings. The number of aliphatic hydroxyl groups is 1. The zero-order chi connectivity index (χ0) is 31.6. The van der Waals surface area contributed by atoms with Crippen molar-refractivity contribution in [3.05, 3.63) is 132 Å². The quantitative estimate of drug-likeness (QED) is 0.110. The molecule has 0 unspecified atom stereocenters. The van der Waals surface area contributed by atoms with E-state index in [1.807, 2.05) is 103 Å². The molecule has 0 fully saturated rings. The van der Waals surface area contributed by atoms with Crippen molar-refractivity contribution in [1.29, 1.82) is 0 Å². The lowest BCUT2D eigenvalue weighted by molar-refractivity contribution is -0.138. The summed E-state index contributed by atoms with van der Waals surface area (Å²) >= 11 is 0. The molecular formula is C36H38N4O5. The van der Waals surface area contributed by atoms with Crippen molar-refractivity contribution in [2.75, 3.05) is 6.61 Å². The van der Waals surface area contributed by atoms with Gasteiger partial charge in [0, 0.05) is 35.6 Å². The molecule has 0 aliphatic rings. The molecule has 0 aliphatic carbocycles. The summed E-state index contributed by atoms with van der Waals surface area (Å²) in [5, 5.41) is 20.1. The fourth-order valence-electron chi connectivity index (χ4n) is 5.09. The van der Waals surface area contributed by atoms with Crippen LogP contribution in [-0.4, -0.2) is 44.8 Å². The van der Waals surface area contributed by atoms with Gasteiger partial charge < -0.3 is 41.1 Å². The number of carbonyl (C=O) groups is 1. The molecule has 2 aromatic heterocycles. The Morgan fingerprint density at radius 1 is 0.667 bits per heavy atom. The maximum atomic E-state index is 10.9. The van der Waals surface area contributed by atoms with Crippen LogP contribution in [0.1, 0.15) is 22.3 Å². The van der Waals surface area contributed by atoms with Crippen LogP contribution in [0, 0.1) is 0 Å². The van der Waals surface area contributed by atoms with Crippen molar-refractivity contribution in [3.63, 3.8) is 0 Å². The van der Waals surface area contributed by atoms with Crippen LogP contribution in [0.15, 0.2) is 109 Å². The van der Waals surface area contributed by atoms with Crippen LogP contribution >= 0.6 is 0 Å². The van der Waals surface area contributed by atoms with Crippen molar-refractivity contribution in [2.45, 2.75) is 38.1 Å². The topological polar surface area (TPSA) is 160 Å². The zero-order valence-electron chi connectivity index (χ0n) is 24.9. The summed E-state index contributed by atoms with van der Waals surface area (Å²) in [6.45, 7) is 0.990. The molecule has 8 N–H and O–H groups in total. The second kappa shape index (κ2) is 15.1. The number of para-hydroxylation sites is 2. The average Bonchev–Trinajstić information content (AvgIpc) is 3.68. The summed E-state index contributed by atoms with van der Waals surface area (Å²) in [5.74, 6) is 0.558. The first-order valence-corrected chi connectivity index (χ1v) is 14.8. The van der Waals surface area contributed by atoms with E-state index in [4.69, 9.17) is 31.2 Å². The second-order valence-corrected chi connectivity index (χ2v) is 10.8. The molecule has 4 aromatic carbocycles. The van der Waals surface area contributed by atoms with Crippen LogP contribution < -0.4 is 20.9 Å². The lowest BCUT2D eigenvalue weighted by Crippen LogP contribution is -2.32. The molecule has 0 saturated carbocycles. The minimum atomic E-state index is -1.00. The molecule has 0 aliphatic heterocycles. The molecule has 45 heavy (non-hydrogen) atoms. The second-order valence-electron chi connectivity index (χ2n) is 10.8. The number of aliphatic carboxylic acids is 1. The van der Waals surface area contributed by atoms with Gasteiger partial charge in [0.2, 0.25) is 0 Å². The van der Waals surface area contributed by atoms with Crippen molar-refractivity contribution >= 4 is 27.8 Å². The van der Waals surface area contributed by atoms with E-state index in [0.29, 0.717) is 19.6 Å². The van der Waals surface area contributed by atoms with E-state index < -0.39 is 12.0 Å². The number of carboxylic acid groups (broad SMARTS) is 1. The summed E-state index contributed by atoms with van der Waals surface area (Å²) < 4.78 is 11.8. The first-order chi connectivity index (χ1) is 21.9. The highest BCUT2D eigenvalue weighted by atomic mass is 16.5. The molecule has 232 valence electrons. The van der Waals surface area contributed by atoms with Crippen molar-refractivity contribution in [3.8, 4) is 11.5 Å². The Labute approximate surface area is 261 Å². The molecule has 2 atom stereocenters. The number of H-pyrrole nitrogens is 2. The van der Waals surface area contributed by atoms with Gasteiger partial charge in [-0.05, 0) is 40.8 Å². The predicted molar refractivity (Wildman–Crippen MR) is 176 cm³/mol. The van der Waals surface area contributed by atoms with Gasteiger partial charge in [-0.3, -0.25) is 4.79 Å². The molecule has 0 spiro atoms. The number of hydrogen-bond acceptors (Lipinski definition) is 6. The number of fused-ring (bicyclic) bond motifs is 2. The summed E-state index contributed by atoms with van der Waals surface area (Å²) in [4.78, 5) is 17.4. The lowest BCUT2D eigenvalue weighted by atomic mass is 10.1. The van der Waals surface area contributed by atoms with Gasteiger partial charge >= 0.3 is 5.97 Å². The van der Waals surface area contributed by atoms with E-state index in [1.165, 1.54) is 0 Å². The molecule has 9 nitrogen and oxygen atoms in total. The largest absolute Gasteiger partial charge is 0.487 e. The van der Waals surface area contributed by atoms with Crippen molar-refractivity contribution < 1.29 is 24.5 Å². The van der Waals surface area contributed by atoms with Gasteiger partial charge in [0.05, 0.1) is 17.6 Å². The number of aromatic amines is 2. The van der Waals surface area contributed by atoms with Gasteiger partial charge in [0.25, 0.3) is 0 Å². The van der Waals surface area contributed by atoms with Gasteiger partial charge in [-0.15, -0.1) is 0 Å². The van der Waals surface area contributed by atoms with Crippen molar-refractivity contribution in [2.24, 2.45) is 11.5 Å². The van der Waals surface area contributed by atoms with Gasteiger partial charge in [-0.25, -0.2) is 0 Å². The Bertz CT molecular complexity index is 1820. The highest BCUT2D eigenvalue weighted by Crippen LogP contribution is 2.29. The number of aromatic nitrogens is 2. The van der Waals surface area contributed by atoms with E-state index in [-0.39, 0.29) is 19.1 Å². The maximum Gasteiger partial charge on any atom is 0.320 e. The maximum absolute atomic E-state index is 10.9. The Morgan fingerprint density at radius 3 is 1.58 bits per heavy atom. The normalized spacial score (nSPS) is 12.3. The number of rotatable bonds is 12. The van der Waals surface area contributed by atoms with Crippen LogP contribution in [0.2, 0.25) is 0 Å². The third kappa shape index (κ3) is 8.10. The van der Waals surface area contributed by atoms with E-state index in [9.17, 15) is 4.79 Å². The van der Waals surface area contributed by atoms with Gasteiger partial charge in [-0.2, -0.15) is 0 Å². The van der Waals surface area contributed by atoms with E-state index >= 15 is 0 Å². The first-order valence-electron chi connectivity index (χ1n) is 14.8. The van der Waals surface area contributed by atoms with Crippen LogP contribution in [0.3, 0.4) is 0 Å². The standard InChI is InChI=1S/C18H18N2O3.C18H20N2O2/c19-15(18(21)22)9-13-10-20-17-14(13)7-4-8-16(17)23-11-12-5-2-1-3-6-12;19-15(11-21)9-14-10-20-18-16(14)7-4-8-17(18)22-12-13-5-2-1-3-6-13/h1-8,10,15,20H,9,11,19H2,(H,21,22);1-8,10,15,20-21H,9,11-12,19H2/t2*15-/m00/s1. The minimum absolute atomic E-state index is 0.0170. The SMILES string of the molecule is N[C@@H](Cc1c[nH]c2c(OCc3ccccc3)cccc12)C(=O)O.N[C@H](CO)Cc1c[nH]c2c(OCc3ccccc3)cccc12. The fraction of sp³-hybridized carbons (Fsp3) is 0.194. The number of carboxylic acids is 1. The number of nitrogens with two attached hydrogens (primary N) is 2. The van der Waals surface area contributed by atoms with E-state index in [2.05, 4.69) is 9.97 Å². The average molecular weight is 607 g/mol. The zero-order valence-corrected chi connectivity index (χ0v) is 24.9. The number of aliphatic hydroxyl groups excluding tert-OH is 1. The van der Waals surface area contributed by atoms with E-state index in [1.54, 1.807) is 6.20 Å². The highest BCUT2D eigenvalue weighted by Gasteiger charge is 2.16. The smallest absolute Gasteiger partial charge is 0.320 e. The van der Waals surface area contributed by atoms with Gasteiger partial charge in [-0.1, -0.05) is 84.9 Å². The highest BCUT2D eigenvalue weighted by molar-refractivity contribution is 5.89. The predicted octanol–water partition coefficient (Wildman–Crippen LogP) is 5.31. The van der Waals surface area contributed by atoms with Crippen LogP contribution in [0.25, 0.3) is 21.8 Å². The molecule has 9 heteroatoms. The van der Waals surface area contributed by atoms with Gasteiger partial charge in [0.1, 0.15) is 30.8 Å². The molecule has 0 radical (unpaired) electrons. The number of ether oxygens (including phenoxy) is 2. The number of hydrogen-bond donors (Lipinski definition) is 6. The minimum Gasteiger partial charge on any atom is -0.487 e. The van der Waals surface area contributed by atoms with Crippen LogP contribution in [0.4, 0.5) is 0 Å². The lowest BCUT2D eigenvalue weighted by Gasteiger charge is -2.09. The molecular weight excluding hydrogens is 568 g/mol.